The molecule has 1 N–H and O–H groups in total. The number of anilines is 1. The number of fused-ring (bicyclic) bond motifs is 2. The van der Waals surface area contributed by atoms with Crippen LogP contribution in [0.4, 0.5) is 5.69 Å². The molecule has 0 bridgehead atoms. The Labute approximate surface area is 206 Å². The molecule has 1 unspecified atom stereocenters. The molecule has 1 aromatic carbocycles. The van der Waals surface area contributed by atoms with Gasteiger partial charge in [-0.1, -0.05) is 32.4 Å². The highest BCUT2D eigenvalue weighted by Crippen LogP contribution is 2.38. The number of carbonyl (C=O) groups excluding carboxylic acids is 1. The van der Waals surface area contributed by atoms with Crippen molar-refractivity contribution >= 4 is 34.2 Å². The van der Waals surface area contributed by atoms with Crippen molar-refractivity contribution in [3.8, 4) is 11.5 Å². The molecule has 0 saturated carbocycles. The normalized spacial score (nSPS) is 14.2. The van der Waals surface area contributed by atoms with Crippen LogP contribution in [0.2, 0.25) is 5.02 Å². The van der Waals surface area contributed by atoms with E-state index in [2.05, 4.69) is 28.7 Å². The second-order valence-electron chi connectivity index (χ2n) is 9.42. The highest BCUT2D eigenvalue weighted by Gasteiger charge is 2.25. The molecule has 182 valence electrons. The second-order valence-corrected chi connectivity index (χ2v) is 9.83. The number of halogens is 1. The van der Waals surface area contributed by atoms with Crippen LogP contribution < -0.4 is 14.4 Å². The third kappa shape index (κ3) is 5.41. The number of nitrogens with one attached hydrogen (secondary N) is 1. The quantitative estimate of drug-likeness (QED) is 0.479. The number of amides is 1. The van der Waals surface area contributed by atoms with Crippen LogP contribution in [-0.2, 0) is 11.3 Å². The summed E-state index contributed by atoms with van der Waals surface area (Å²) in [5, 5.41) is 1.57. The molecule has 7 nitrogen and oxygen atoms in total. The lowest BCUT2D eigenvalue weighted by molar-refractivity contribution is -0.135. The zero-order valence-electron chi connectivity index (χ0n) is 20.3. The maximum Gasteiger partial charge on any atom is 0.227 e. The maximum atomic E-state index is 13.6. The number of ether oxygens (including phenoxy) is 2. The molecule has 1 amide bonds. The average Bonchev–Trinajstić information content (AvgIpc) is 3.15. The standard InChI is InChI=1S/C26H33ClN4O3/c1-17(2)14-31(16-19-12-21(27)24-23(13-19)33-10-5-11-34-24)26(32)18(3)15-30(4)22-7-9-29-25-20(22)6-8-28-25/h6-9,12-13,17-18H,5,10-11,14-16H2,1-4H3,(H,28,29). The molecule has 1 aliphatic heterocycles. The molecular weight excluding hydrogens is 452 g/mol. The van der Waals surface area contributed by atoms with Crippen LogP contribution in [0.3, 0.4) is 0 Å². The topological polar surface area (TPSA) is 70.7 Å². The van der Waals surface area contributed by atoms with E-state index in [1.807, 2.05) is 49.3 Å². The molecule has 34 heavy (non-hydrogen) atoms. The van der Waals surface area contributed by atoms with Gasteiger partial charge in [-0.2, -0.15) is 0 Å². The Bertz CT molecular complexity index is 1150. The molecular formula is C26H33ClN4O3. The van der Waals surface area contributed by atoms with Crippen molar-refractivity contribution in [1.82, 2.24) is 14.9 Å². The number of benzene rings is 1. The van der Waals surface area contributed by atoms with Crippen LogP contribution in [0.5, 0.6) is 11.5 Å². The molecule has 3 aromatic rings. The van der Waals surface area contributed by atoms with Gasteiger partial charge in [-0.25, -0.2) is 4.98 Å². The Hall–Kier alpha value is -2.93. The summed E-state index contributed by atoms with van der Waals surface area (Å²) in [6.45, 7) is 9.14. The van der Waals surface area contributed by atoms with Crippen molar-refractivity contribution < 1.29 is 14.3 Å². The molecule has 0 fully saturated rings. The zero-order chi connectivity index (χ0) is 24.2. The van der Waals surface area contributed by atoms with E-state index in [0.29, 0.717) is 55.3 Å². The van der Waals surface area contributed by atoms with Gasteiger partial charge in [0.2, 0.25) is 5.91 Å². The largest absolute Gasteiger partial charge is 0.489 e. The Balaban J connectivity index is 1.50. The number of pyridine rings is 1. The molecule has 0 radical (unpaired) electrons. The second kappa shape index (κ2) is 10.6. The van der Waals surface area contributed by atoms with E-state index in [0.717, 1.165) is 28.7 Å². The molecule has 0 saturated heterocycles. The number of hydrogen-bond acceptors (Lipinski definition) is 5. The van der Waals surface area contributed by atoms with Gasteiger partial charge in [-0.15, -0.1) is 0 Å². The van der Waals surface area contributed by atoms with Crippen molar-refractivity contribution in [2.24, 2.45) is 11.8 Å². The third-order valence-corrected chi connectivity index (χ3v) is 6.23. The number of nitrogens with zero attached hydrogens (tertiary/aromatic N) is 3. The minimum atomic E-state index is -0.193. The van der Waals surface area contributed by atoms with Gasteiger partial charge in [0.1, 0.15) is 5.65 Å². The van der Waals surface area contributed by atoms with Crippen LogP contribution in [0, 0.1) is 11.8 Å². The number of aromatic nitrogens is 2. The molecule has 3 heterocycles. The zero-order valence-corrected chi connectivity index (χ0v) is 21.1. The first-order valence-corrected chi connectivity index (χ1v) is 12.2. The van der Waals surface area contributed by atoms with E-state index < -0.39 is 0 Å². The molecule has 0 aliphatic carbocycles. The number of carbonyl (C=O) groups is 1. The van der Waals surface area contributed by atoms with Gasteiger partial charge >= 0.3 is 0 Å². The first kappa shape index (κ1) is 24.2. The first-order valence-electron chi connectivity index (χ1n) is 11.8. The van der Waals surface area contributed by atoms with Crippen LogP contribution in [-0.4, -0.2) is 54.1 Å². The van der Waals surface area contributed by atoms with E-state index >= 15 is 0 Å². The van der Waals surface area contributed by atoms with Gasteiger partial charge in [-0.3, -0.25) is 4.79 Å². The van der Waals surface area contributed by atoms with Gasteiger partial charge in [0.25, 0.3) is 0 Å². The Morgan fingerprint density at radius 1 is 1.18 bits per heavy atom. The lowest BCUT2D eigenvalue weighted by atomic mass is 10.1. The van der Waals surface area contributed by atoms with E-state index in [1.54, 1.807) is 6.20 Å². The first-order chi connectivity index (χ1) is 16.3. The summed E-state index contributed by atoms with van der Waals surface area (Å²) < 4.78 is 11.6. The predicted molar refractivity (Wildman–Crippen MR) is 136 cm³/mol. The lowest BCUT2D eigenvalue weighted by Crippen LogP contribution is -2.41. The fraction of sp³-hybridized carbons (Fsp3) is 0.462. The molecule has 0 spiro atoms. The average molecular weight is 485 g/mol. The summed E-state index contributed by atoms with van der Waals surface area (Å²) >= 11 is 6.50. The fourth-order valence-electron chi connectivity index (χ4n) is 4.45. The summed E-state index contributed by atoms with van der Waals surface area (Å²) in [7, 11) is 2.02. The van der Waals surface area contributed by atoms with E-state index in [-0.39, 0.29) is 11.8 Å². The summed E-state index contributed by atoms with van der Waals surface area (Å²) in [6, 6.07) is 7.83. The lowest BCUT2D eigenvalue weighted by Gasteiger charge is -2.30. The summed E-state index contributed by atoms with van der Waals surface area (Å²) in [5.74, 6) is 1.50. The highest BCUT2D eigenvalue weighted by atomic mass is 35.5. The highest BCUT2D eigenvalue weighted by molar-refractivity contribution is 6.32. The smallest absolute Gasteiger partial charge is 0.227 e. The minimum Gasteiger partial charge on any atom is -0.489 e. The number of aromatic amines is 1. The Morgan fingerprint density at radius 3 is 2.76 bits per heavy atom. The Morgan fingerprint density at radius 2 is 1.97 bits per heavy atom. The van der Waals surface area contributed by atoms with Crippen LogP contribution in [0.15, 0.2) is 36.7 Å². The van der Waals surface area contributed by atoms with E-state index in [9.17, 15) is 4.79 Å². The molecule has 4 rings (SSSR count). The van der Waals surface area contributed by atoms with Crippen LogP contribution in [0.25, 0.3) is 11.0 Å². The molecule has 8 heteroatoms. The summed E-state index contributed by atoms with van der Waals surface area (Å²) in [5.41, 5.74) is 2.83. The van der Waals surface area contributed by atoms with E-state index in [1.165, 1.54) is 0 Å². The SMILES string of the molecule is CC(C)CN(Cc1cc(Cl)c2c(c1)OCCCO2)C(=O)C(C)CN(C)c1ccnc2[nH]ccc12. The van der Waals surface area contributed by atoms with Crippen molar-refractivity contribution in [3.05, 3.63) is 47.2 Å². The monoisotopic (exact) mass is 484 g/mol. The minimum absolute atomic E-state index is 0.114. The van der Waals surface area contributed by atoms with Gasteiger partial charge in [-0.05, 0) is 35.7 Å². The van der Waals surface area contributed by atoms with Gasteiger partial charge in [0.15, 0.2) is 11.5 Å². The van der Waals surface area contributed by atoms with Crippen LogP contribution >= 0.6 is 11.6 Å². The fourth-order valence-corrected chi connectivity index (χ4v) is 4.73. The van der Waals surface area contributed by atoms with Gasteiger partial charge < -0.3 is 24.3 Å². The van der Waals surface area contributed by atoms with Crippen molar-refractivity contribution in [1.29, 1.82) is 0 Å². The number of hydrogen-bond donors (Lipinski definition) is 1. The van der Waals surface area contributed by atoms with E-state index in [4.69, 9.17) is 21.1 Å². The molecule has 1 aliphatic rings. The predicted octanol–water partition coefficient (Wildman–Crippen LogP) is 5.13. The van der Waals surface area contributed by atoms with Gasteiger partial charge in [0.05, 0.1) is 24.2 Å². The number of rotatable bonds is 8. The van der Waals surface area contributed by atoms with Crippen molar-refractivity contribution in [3.63, 3.8) is 0 Å². The molecule has 2 aromatic heterocycles. The van der Waals surface area contributed by atoms with Crippen molar-refractivity contribution in [2.75, 3.05) is 38.3 Å². The number of H-pyrrole nitrogens is 1. The molecule has 1 atom stereocenters. The van der Waals surface area contributed by atoms with Crippen LogP contribution in [0.1, 0.15) is 32.8 Å². The summed E-state index contributed by atoms with van der Waals surface area (Å²) in [4.78, 5) is 25.1. The summed E-state index contributed by atoms with van der Waals surface area (Å²) in [6.07, 6.45) is 4.49. The Kier molecular flexibility index (Phi) is 7.51. The maximum absolute atomic E-state index is 13.6. The van der Waals surface area contributed by atoms with Crippen molar-refractivity contribution in [2.45, 2.75) is 33.7 Å². The third-order valence-electron chi connectivity index (χ3n) is 5.95. The van der Waals surface area contributed by atoms with Gasteiger partial charge in [0, 0.05) is 56.6 Å².